The van der Waals surface area contributed by atoms with Crippen LogP contribution in [0.5, 0.6) is 5.88 Å². The van der Waals surface area contributed by atoms with Gasteiger partial charge in [-0.05, 0) is 87.7 Å². The molecule has 7 atom stereocenters. The smallest absolute Gasteiger partial charge is 0.274 e. The number of aryl methyl sites for hydroxylation is 1. The number of ketones is 2. The lowest BCUT2D eigenvalue weighted by Gasteiger charge is -2.32. The second kappa shape index (κ2) is 15.2. The average molecular weight is 779 g/mol. The van der Waals surface area contributed by atoms with Crippen LogP contribution in [-0.4, -0.2) is 69.9 Å². The van der Waals surface area contributed by atoms with E-state index in [1.807, 2.05) is 46.8 Å². The van der Waals surface area contributed by atoms with Crippen molar-refractivity contribution in [1.82, 2.24) is 19.4 Å². The Morgan fingerprint density at radius 3 is 2.40 bits per heavy atom. The number of amides is 2. The number of hydrogen-bond acceptors (Lipinski definition) is 9. The Bertz CT molecular complexity index is 2050. The topological polar surface area (TPSA) is 162 Å². The Kier molecular flexibility index (Phi) is 11.3. The zero-order valence-electron chi connectivity index (χ0n) is 33.4. The molecule has 13 heteroatoms. The molecule has 1 N–H and O–H groups in total. The Morgan fingerprint density at radius 2 is 1.75 bits per heavy atom. The summed E-state index contributed by atoms with van der Waals surface area (Å²) in [6.45, 7) is 13.9. The summed E-state index contributed by atoms with van der Waals surface area (Å²) in [7, 11) is -3.95. The second-order valence-electron chi connectivity index (χ2n) is 18.4. The number of nitrogens with one attached hydrogen (secondary N) is 1. The second-order valence-corrected chi connectivity index (χ2v) is 20.6. The molecule has 3 fully saturated rings. The van der Waals surface area contributed by atoms with Crippen molar-refractivity contribution in [2.24, 2.45) is 34.5 Å². The molecule has 2 aromatic rings. The molecular formula is C42H58N4O8S. The summed E-state index contributed by atoms with van der Waals surface area (Å²) in [6.07, 6.45) is 7.01. The Labute approximate surface area is 324 Å². The van der Waals surface area contributed by atoms with Crippen molar-refractivity contribution in [1.29, 1.82) is 0 Å². The largest absolute Gasteiger partial charge is 0.471 e. The van der Waals surface area contributed by atoms with Crippen LogP contribution in [0.15, 0.2) is 41.2 Å². The number of nitrogens with zero attached hydrogens (tertiary/aromatic N) is 3. The number of carbonyl (C=O) groups excluding carboxylic acids is 4. The number of allylic oxidation sites excluding steroid dienone is 2. The van der Waals surface area contributed by atoms with Crippen LogP contribution in [0.3, 0.4) is 0 Å². The molecule has 0 unspecified atom stereocenters. The van der Waals surface area contributed by atoms with Crippen molar-refractivity contribution in [3.05, 3.63) is 46.8 Å². The van der Waals surface area contributed by atoms with Crippen LogP contribution in [0.1, 0.15) is 113 Å². The lowest BCUT2D eigenvalue weighted by atomic mass is 9.79. The average Bonchev–Trinajstić information content (AvgIpc) is 3.99. The molecular weight excluding hydrogens is 721 g/mol. The van der Waals surface area contributed by atoms with Crippen molar-refractivity contribution in [2.45, 2.75) is 136 Å². The number of hydrogen-bond donors (Lipinski definition) is 1. The van der Waals surface area contributed by atoms with E-state index >= 15 is 0 Å². The van der Waals surface area contributed by atoms with Gasteiger partial charge >= 0.3 is 0 Å². The summed E-state index contributed by atoms with van der Waals surface area (Å²) in [5.74, 6) is -2.07. The molecule has 300 valence electrons. The molecule has 1 saturated heterocycles. The molecule has 2 aliphatic carbocycles. The van der Waals surface area contributed by atoms with Gasteiger partial charge in [0.25, 0.3) is 5.56 Å². The van der Waals surface area contributed by atoms with E-state index in [4.69, 9.17) is 4.74 Å². The third-order valence-corrected chi connectivity index (χ3v) is 14.5. The number of aromatic nitrogens is 2. The molecule has 55 heavy (non-hydrogen) atoms. The summed E-state index contributed by atoms with van der Waals surface area (Å²) in [5, 5.41) is 5.46. The van der Waals surface area contributed by atoms with Crippen molar-refractivity contribution in [3.63, 3.8) is 0 Å². The number of benzene rings is 1. The third-order valence-electron chi connectivity index (χ3n) is 12.4. The maximum atomic E-state index is 14.9. The van der Waals surface area contributed by atoms with Crippen LogP contribution in [-0.2, 0) is 35.7 Å². The lowest BCUT2D eigenvalue weighted by Crippen LogP contribution is -2.48. The van der Waals surface area contributed by atoms with Gasteiger partial charge in [-0.25, -0.2) is 13.1 Å². The number of carbonyl (C=O) groups is 4. The molecule has 0 bridgehead atoms. The predicted molar refractivity (Wildman–Crippen MR) is 210 cm³/mol. The highest BCUT2D eigenvalue weighted by Gasteiger charge is 2.62. The molecule has 1 aromatic carbocycles. The van der Waals surface area contributed by atoms with E-state index in [9.17, 15) is 32.4 Å². The van der Waals surface area contributed by atoms with Gasteiger partial charge in [-0.15, -0.1) is 5.10 Å². The van der Waals surface area contributed by atoms with Gasteiger partial charge in [-0.3, -0.25) is 28.7 Å². The number of sulfonamides is 1. The fourth-order valence-corrected chi connectivity index (χ4v) is 9.99. The minimum absolute atomic E-state index is 0.0133. The van der Waals surface area contributed by atoms with E-state index in [1.54, 1.807) is 36.1 Å². The summed E-state index contributed by atoms with van der Waals surface area (Å²) in [6, 6.07) is 6.03. The first kappa shape index (κ1) is 40.8. The molecule has 12 nitrogen and oxygen atoms in total. The highest BCUT2D eigenvalue weighted by Crippen LogP contribution is 2.57. The zero-order chi connectivity index (χ0) is 40.1. The summed E-state index contributed by atoms with van der Waals surface area (Å²) >= 11 is 0. The molecule has 4 aliphatic rings. The molecule has 2 amide bonds. The standard InChI is InChI=1S/C42H58N4O8S/c1-8-46-38(50)32-16-12-11-15-31(32)36(43-46)54-30-21-34-35(48)24-42(39(51)44-55(52,53)41(7)17-18-41)22-28(42)14-10-9-13-26(2)19-27(3)33(37(49)45(34)25-30)20-29(47)23-40(4,5)6/h10-12,14-16,26-28,30,33-34H,8-9,13,17-25H2,1-7H3,(H,44,51)/b14-10-/t26-,27+,28+,30+,33-,34-,42+/m0/s1. The van der Waals surface area contributed by atoms with Crippen LogP contribution in [0.4, 0.5) is 0 Å². The van der Waals surface area contributed by atoms with Gasteiger partial charge in [0.1, 0.15) is 11.9 Å². The van der Waals surface area contributed by atoms with E-state index < -0.39 is 44.2 Å². The van der Waals surface area contributed by atoms with Crippen molar-refractivity contribution in [3.8, 4) is 5.88 Å². The van der Waals surface area contributed by atoms with Gasteiger partial charge in [0.15, 0.2) is 5.78 Å². The first-order valence-electron chi connectivity index (χ1n) is 20.0. The SMILES string of the molecule is CCn1nc(O[C@@H]2C[C@H]3C(=O)C[C@]4(C(=O)NS(=O)(=O)C5(C)CC5)C[C@H]4/C=C\CC[C@H](C)C[C@@H](C)[C@H](CC(=O)CC(C)(C)C)C(=O)N3C2)c2ccccc2c1=O. The highest BCUT2D eigenvalue weighted by atomic mass is 32.2. The molecule has 1 aromatic heterocycles. The summed E-state index contributed by atoms with van der Waals surface area (Å²) < 4.78 is 35.6. The number of Topliss-reactive ketones (excluding diaryl/α,β-unsaturated/α-hetero) is 2. The van der Waals surface area contributed by atoms with Gasteiger partial charge in [-0.1, -0.05) is 58.9 Å². The van der Waals surface area contributed by atoms with E-state index in [-0.39, 0.29) is 77.9 Å². The highest BCUT2D eigenvalue weighted by molar-refractivity contribution is 7.91. The fourth-order valence-electron chi connectivity index (χ4n) is 8.66. The zero-order valence-corrected chi connectivity index (χ0v) is 34.2. The van der Waals surface area contributed by atoms with E-state index in [0.717, 1.165) is 12.8 Å². The summed E-state index contributed by atoms with van der Waals surface area (Å²) in [5.41, 5.74) is -1.79. The molecule has 6 rings (SSSR count). The van der Waals surface area contributed by atoms with Crippen molar-refractivity contribution < 1.29 is 32.3 Å². The van der Waals surface area contributed by atoms with Gasteiger partial charge in [0, 0.05) is 38.1 Å². The minimum atomic E-state index is -3.95. The van der Waals surface area contributed by atoms with Crippen LogP contribution < -0.4 is 15.0 Å². The molecule has 0 radical (unpaired) electrons. The first-order chi connectivity index (χ1) is 25.8. The lowest BCUT2D eigenvalue weighted by molar-refractivity contribution is -0.145. The van der Waals surface area contributed by atoms with Crippen molar-refractivity contribution in [2.75, 3.05) is 6.54 Å². The molecule has 0 spiro atoms. The van der Waals surface area contributed by atoms with Crippen LogP contribution in [0, 0.1) is 34.5 Å². The van der Waals surface area contributed by atoms with Gasteiger partial charge in [0.05, 0.1) is 33.5 Å². The molecule has 2 aliphatic heterocycles. The Hall–Kier alpha value is -3.87. The van der Waals surface area contributed by atoms with Gasteiger partial charge in [0.2, 0.25) is 27.7 Å². The predicted octanol–water partition coefficient (Wildman–Crippen LogP) is 5.75. The fraction of sp³-hybridized carbons (Fsp3) is 0.667. The maximum Gasteiger partial charge on any atom is 0.274 e. The van der Waals surface area contributed by atoms with Gasteiger partial charge in [-0.2, -0.15) is 0 Å². The van der Waals surface area contributed by atoms with E-state index in [1.165, 1.54) is 4.68 Å². The maximum absolute atomic E-state index is 14.9. The van der Waals surface area contributed by atoms with Crippen LogP contribution in [0.2, 0.25) is 0 Å². The van der Waals surface area contributed by atoms with Crippen molar-refractivity contribution >= 4 is 44.2 Å². The number of ether oxygens (including phenoxy) is 1. The normalized spacial score (nSPS) is 30.4. The van der Waals surface area contributed by atoms with Crippen LogP contribution >= 0.6 is 0 Å². The minimum Gasteiger partial charge on any atom is -0.471 e. The molecule has 2 saturated carbocycles. The quantitative estimate of drug-likeness (QED) is 0.313. The van der Waals surface area contributed by atoms with Crippen LogP contribution in [0.25, 0.3) is 10.8 Å². The van der Waals surface area contributed by atoms with E-state index in [0.29, 0.717) is 49.4 Å². The first-order valence-corrected chi connectivity index (χ1v) is 21.5. The van der Waals surface area contributed by atoms with E-state index in [2.05, 4.69) is 16.7 Å². The number of fused-ring (bicyclic) bond motifs is 3. The molecule has 3 heterocycles. The van der Waals surface area contributed by atoms with Gasteiger partial charge < -0.3 is 9.64 Å². The third kappa shape index (κ3) is 8.61. The Balaban J connectivity index is 1.37. The monoisotopic (exact) mass is 778 g/mol. The summed E-state index contributed by atoms with van der Waals surface area (Å²) in [4.78, 5) is 71.8. The number of rotatable bonds is 9. The Morgan fingerprint density at radius 1 is 1.05 bits per heavy atom.